The number of benzene rings is 2. The number of amides is 4. The third-order valence-electron chi connectivity index (χ3n) is 3.27. The van der Waals surface area contributed by atoms with Crippen molar-refractivity contribution < 1.29 is 23.2 Å². The molecule has 0 spiro atoms. The zero-order valence-electron chi connectivity index (χ0n) is 11.6. The molecule has 3 rings (SSSR count). The van der Waals surface area contributed by atoms with Gasteiger partial charge in [-0.25, -0.2) is 23.4 Å². The quantitative estimate of drug-likeness (QED) is 0.597. The Kier molecular flexibility index (Phi) is 3.98. The highest BCUT2D eigenvalue weighted by molar-refractivity contribution is 6.60. The maximum absolute atomic E-state index is 14.0. The summed E-state index contributed by atoms with van der Waals surface area (Å²) in [6.45, 7) is 0. The summed E-state index contributed by atoms with van der Waals surface area (Å²) < 4.78 is 28.0. The van der Waals surface area contributed by atoms with Crippen molar-refractivity contribution in [2.75, 3.05) is 9.80 Å². The molecule has 0 N–H and O–H groups in total. The van der Waals surface area contributed by atoms with Gasteiger partial charge >= 0.3 is 17.8 Å². The number of nitrogens with zero attached hydrogens (tertiary/aromatic N) is 2. The van der Waals surface area contributed by atoms with Gasteiger partial charge in [-0.3, -0.25) is 9.59 Å². The van der Waals surface area contributed by atoms with Crippen molar-refractivity contribution in [3.05, 3.63) is 58.1 Å². The maximum atomic E-state index is 14.0. The maximum Gasteiger partial charge on any atom is 0.343 e. The van der Waals surface area contributed by atoms with Gasteiger partial charge in [0.15, 0.2) is 0 Å². The van der Waals surface area contributed by atoms with Gasteiger partial charge in [-0.1, -0.05) is 23.2 Å². The van der Waals surface area contributed by atoms with Crippen LogP contribution in [0.25, 0.3) is 0 Å². The lowest BCUT2D eigenvalue weighted by Crippen LogP contribution is -2.34. The molecule has 4 amide bonds. The summed E-state index contributed by atoms with van der Waals surface area (Å²) >= 11 is 11.2. The van der Waals surface area contributed by atoms with Crippen LogP contribution in [0.2, 0.25) is 10.0 Å². The van der Waals surface area contributed by atoms with E-state index in [0.29, 0.717) is 9.80 Å². The van der Waals surface area contributed by atoms with E-state index in [1.54, 1.807) is 0 Å². The Labute approximate surface area is 144 Å². The first-order valence-electron chi connectivity index (χ1n) is 6.44. The summed E-state index contributed by atoms with van der Waals surface area (Å²) in [5, 5.41) is 0.0875. The van der Waals surface area contributed by atoms with E-state index >= 15 is 0 Å². The molecule has 122 valence electrons. The second-order valence-electron chi connectivity index (χ2n) is 4.76. The smallest absolute Gasteiger partial charge is 0.262 e. The van der Waals surface area contributed by atoms with Gasteiger partial charge in [-0.15, -0.1) is 0 Å². The number of imide groups is 2. The van der Waals surface area contributed by atoms with Crippen LogP contribution in [0.3, 0.4) is 0 Å². The molecular formula is C15H6Cl2F2N2O3. The molecule has 0 aromatic heterocycles. The fourth-order valence-electron chi connectivity index (χ4n) is 2.22. The van der Waals surface area contributed by atoms with Gasteiger partial charge in [0.2, 0.25) is 0 Å². The van der Waals surface area contributed by atoms with Crippen LogP contribution >= 0.6 is 23.2 Å². The van der Waals surface area contributed by atoms with Crippen molar-refractivity contribution in [2.45, 2.75) is 0 Å². The van der Waals surface area contributed by atoms with E-state index in [0.717, 1.165) is 24.3 Å². The summed E-state index contributed by atoms with van der Waals surface area (Å²) in [6, 6.07) is 5.20. The monoisotopic (exact) mass is 370 g/mol. The molecule has 0 atom stereocenters. The van der Waals surface area contributed by atoms with E-state index in [-0.39, 0.29) is 10.0 Å². The second kappa shape index (κ2) is 5.85. The summed E-state index contributed by atoms with van der Waals surface area (Å²) in [7, 11) is 0. The number of anilines is 2. The largest absolute Gasteiger partial charge is 0.343 e. The van der Waals surface area contributed by atoms with Crippen LogP contribution in [0.4, 0.5) is 25.0 Å². The molecule has 1 saturated heterocycles. The molecule has 1 fully saturated rings. The zero-order valence-corrected chi connectivity index (χ0v) is 13.1. The van der Waals surface area contributed by atoms with Gasteiger partial charge in [-0.2, -0.15) is 0 Å². The number of halogens is 4. The Morgan fingerprint density at radius 1 is 0.708 bits per heavy atom. The van der Waals surface area contributed by atoms with Crippen molar-refractivity contribution in [3.8, 4) is 0 Å². The first-order chi connectivity index (χ1) is 11.3. The SMILES string of the molecule is O=C1C(=O)N(c2ccc(Cl)cc2F)C(=O)N1c1ccc(Cl)cc1F. The number of carbonyl (C=O) groups is 3. The molecule has 0 bridgehead atoms. The molecule has 24 heavy (non-hydrogen) atoms. The molecule has 0 aliphatic carbocycles. The van der Waals surface area contributed by atoms with Crippen LogP contribution in [-0.4, -0.2) is 17.8 Å². The summed E-state index contributed by atoms with van der Waals surface area (Å²) in [5.41, 5.74) is -0.917. The first kappa shape index (κ1) is 16.4. The molecule has 9 heteroatoms. The van der Waals surface area contributed by atoms with E-state index in [4.69, 9.17) is 23.2 Å². The van der Waals surface area contributed by atoms with Crippen molar-refractivity contribution in [3.63, 3.8) is 0 Å². The fourth-order valence-corrected chi connectivity index (χ4v) is 2.53. The van der Waals surface area contributed by atoms with Crippen LogP contribution in [0.5, 0.6) is 0 Å². The van der Waals surface area contributed by atoms with Crippen LogP contribution in [0.1, 0.15) is 0 Å². The van der Waals surface area contributed by atoms with E-state index in [2.05, 4.69) is 0 Å². The number of hydrogen-bond acceptors (Lipinski definition) is 3. The standard InChI is InChI=1S/C15H6Cl2F2N2O3/c16-7-1-3-11(9(18)5-7)20-13(22)14(23)21(15(20)24)12-4-2-8(17)6-10(12)19/h1-6H. The minimum absolute atomic E-state index is 0.0438. The number of rotatable bonds is 2. The van der Waals surface area contributed by atoms with Gasteiger partial charge in [0.1, 0.15) is 11.6 Å². The highest BCUT2D eigenvalue weighted by Gasteiger charge is 2.48. The number of carbonyl (C=O) groups excluding carboxylic acids is 3. The Morgan fingerprint density at radius 3 is 1.42 bits per heavy atom. The van der Waals surface area contributed by atoms with E-state index in [1.165, 1.54) is 12.1 Å². The second-order valence-corrected chi connectivity index (χ2v) is 5.63. The predicted octanol–water partition coefficient (Wildman–Crippen LogP) is 3.77. The van der Waals surface area contributed by atoms with Gasteiger partial charge in [-0.05, 0) is 36.4 Å². The Bertz CT molecular complexity index is 833. The van der Waals surface area contributed by atoms with Crippen LogP contribution in [0.15, 0.2) is 36.4 Å². The van der Waals surface area contributed by atoms with Crippen LogP contribution in [0, 0.1) is 11.6 Å². The molecular weight excluding hydrogens is 365 g/mol. The zero-order chi connectivity index (χ0) is 17.6. The molecule has 2 aromatic carbocycles. The molecule has 5 nitrogen and oxygen atoms in total. The molecule has 0 radical (unpaired) electrons. The van der Waals surface area contributed by atoms with Crippen molar-refractivity contribution >= 4 is 52.4 Å². The third kappa shape index (κ3) is 2.51. The van der Waals surface area contributed by atoms with Crippen molar-refractivity contribution in [1.82, 2.24) is 0 Å². The average Bonchev–Trinajstić information content (AvgIpc) is 2.71. The lowest BCUT2D eigenvalue weighted by Gasteiger charge is -2.16. The molecule has 0 saturated carbocycles. The van der Waals surface area contributed by atoms with E-state index in [1.807, 2.05) is 0 Å². The summed E-state index contributed by atoms with van der Waals surface area (Å²) in [4.78, 5) is 37.2. The highest BCUT2D eigenvalue weighted by Crippen LogP contribution is 2.32. The molecule has 2 aromatic rings. The Balaban J connectivity index is 2.08. The van der Waals surface area contributed by atoms with Crippen molar-refractivity contribution in [1.29, 1.82) is 0 Å². The van der Waals surface area contributed by atoms with Gasteiger partial charge < -0.3 is 0 Å². The first-order valence-corrected chi connectivity index (χ1v) is 7.19. The molecule has 0 unspecified atom stereocenters. The average molecular weight is 371 g/mol. The van der Waals surface area contributed by atoms with E-state index < -0.39 is 40.9 Å². The molecule has 1 aliphatic heterocycles. The van der Waals surface area contributed by atoms with Crippen LogP contribution < -0.4 is 9.80 Å². The lowest BCUT2D eigenvalue weighted by molar-refractivity contribution is -0.133. The molecule has 1 aliphatic rings. The normalized spacial score (nSPS) is 14.8. The predicted molar refractivity (Wildman–Crippen MR) is 83.2 cm³/mol. The topological polar surface area (TPSA) is 57.7 Å². The summed E-state index contributed by atoms with van der Waals surface area (Å²) in [5.74, 6) is -4.57. The lowest BCUT2D eigenvalue weighted by atomic mass is 10.3. The summed E-state index contributed by atoms with van der Waals surface area (Å²) in [6.07, 6.45) is 0. The highest BCUT2D eigenvalue weighted by atomic mass is 35.5. The molecule has 1 heterocycles. The van der Waals surface area contributed by atoms with Crippen LogP contribution in [-0.2, 0) is 9.59 Å². The fraction of sp³-hybridized carbons (Fsp3) is 0. The number of urea groups is 1. The Hall–Kier alpha value is -2.51. The van der Waals surface area contributed by atoms with Gasteiger partial charge in [0, 0.05) is 10.0 Å². The third-order valence-corrected chi connectivity index (χ3v) is 3.74. The minimum Gasteiger partial charge on any atom is -0.262 e. The van der Waals surface area contributed by atoms with Gasteiger partial charge in [0.25, 0.3) is 0 Å². The van der Waals surface area contributed by atoms with E-state index in [9.17, 15) is 23.2 Å². The number of hydrogen-bond donors (Lipinski definition) is 0. The van der Waals surface area contributed by atoms with Gasteiger partial charge in [0.05, 0.1) is 11.4 Å². The van der Waals surface area contributed by atoms with Crippen molar-refractivity contribution in [2.24, 2.45) is 0 Å². The Morgan fingerprint density at radius 2 is 1.08 bits per heavy atom. The minimum atomic E-state index is -1.31.